The molecule has 1 aliphatic carbocycles. The van der Waals surface area contributed by atoms with E-state index in [4.69, 9.17) is 14.2 Å². The Kier molecular flexibility index (Phi) is 12.9. The van der Waals surface area contributed by atoms with Crippen LogP contribution in [0.1, 0.15) is 91.4 Å². The van der Waals surface area contributed by atoms with E-state index in [-0.39, 0.29) is 41.6 Å². The van der Waals surface area contributed by atoms with Crippen LogP contribution in [0.25, 0.3) is 0 Å². The van der Waals surface area contributed by atoms with Gasteiger partial charge in [0, 0.05) is 16.7 Å². The summed E-state index contributed by atoms with van der Waals surface area (Å²) in [6, 6.07) is 28.2. The van der Waals surface area contributed by atoms with Gasteiger partial charge in [0.1, 0.15) is 23.9 Å². The van der Waals surface area contributed by atoms with Gasteiger partial charge in [0.05, 0.1) is 18.6 Å². The largest absolute Gasteiger partial charge is 0.496 e. The molecule has 1 N–H and O–H groups in total. The number of amides is 2. The second-order valence-corrected chi connectivity index (χ2v) is 15.5. The molecule has 1 fully saturated rings. The number of nitrogens with one attached hydrogen (secondary N) is 1. The van der Waals surface area contributed by atoms with Crippen LogP contribution >= 0.6 is 0 Å². The molecule has 4 aromatic rings. The highest BCUT2D eigenvalue weighted by atomic mass is 16.5. The Hall–Kier alpha value is -5.37. The number of methoxy groups -OCH3 is 1. The van der Waals surface area contributed by atoms with Crippen molar-refractivity contribution in [3.8, 4) is 17.2 Å². The number of hydrogen-bond acceptors (Lipinski definition) is 6. The van der Waals surface area contributed by atoms with Gasteiger partial charge in [-0.1, -0.05) is 79.1 Å². The molecule has 2 amide bonds. The van der Waals surface area contributed by atoms with Crippen molar-refractivity contribution in [1.29, 1.82) is 0 Å². The van der Waals surface area contributed by atoms with Gasteiger partial charge in [0.15, 0.2) is 0 Å². The first-order valence-electron chi connectivity index (χ1n) is 17.9. The van der Waals surface area contributed by atoms with Gasteiger partial charge in [-0.15, -0.1) is 0 Å². The molecule has 5 rings (SSSR count). The van der Waals surface area contributed by atoms with Crippen LogP contribution in [0.15, 0.2) is 103 Å². The molecule has 0 aliphatic heterocycles. The van der Waals surface area contributed by atoms with E-state index in [0.29, 0.717) is 16.9 Å². The van der Waals surface area contributed by atoms with Crippen molar-refractivity contribution in [1.82, 2.24) is 10.4 Å². The Morgan fingerprint density at radius 3 is 2.06 bits per heavy atom. The zero-order valence-electron chi connectivity index (χ0n) is 33.0. The molecule has 1 aliphatic rings. The third kappa shape index (κ3) is 10.6. The van der Waals surface area contributed by atoms with Gasteiger partial charge in [-0.2, -0.15) is 0 Å². The van der Waals surface area contributed by atoms with Crippen molar-refractivity contribution in [2.75, 3.05) is 7.11 Å². The zero-order chi connectivity index (χ0) is 39.1. The van der Waals surface area contributed by atoms with Gasteiger partial charge >= 0.3 is 5.97 Å². The van der Waals surface area contributed by atoms with Crippen molar-refractivity contribution in [2.45, 2.75) is 81.4 Å². The Morgan fingerprint density at radius 2 is 1.45 bits per heavy atom. The summed E-state index contributed by atoms with van der Waals surface area (Å²) in [6.45, 7) is 20.0. The molecule has 0 radical (unpaired) electrons. The summed E-state index contributed by atoms with van der Waals surface area (Å²) in [4.78, 5) is 38.5. The van der Waals surface area contributed by atoms with Crippen LogP contribution in [-0.4, -0.2) is 35.4 Å². The highest BCUT2D eigenvalue weighted by molar-refractivity contribution is 6.00. The lowest BCUT2D eigenvalue weighted by molar-refractivity contribution is -0.147. The molecule has 2 atom stereocenters. The average molecular weight is 719 g/mol. The second kappa shape index (κ2) is 17.0. The van der Waals surface area contributed by atoms with Crippen LogP contribution in [0.4, 0.5) is 0 Å². The number of esters is 1. The molecule has 280 valence electrons. The minimum Gasteiger partial charge on any atom is -0.496 e. The average Bonchev–Trinajstić information content (AvgIpc) is 3.63. The van der Waals surface area contributed by atoms with E-state index in [9.17, 15) is 14.4 Å². The molecule has 0 bridgehead atoms. The number of hydrogen-bond donors (Lipinski definition) is 1. The molecule has 53 heavy (non-hydrogen) atoms. The molecule has 0 spiro atoms. The summed E-state index contributed by atoms with van der Waals surface area (Å²) in [6.07, 6.45) is 2.18. The Labute approximate surface area is 315 Å². The highest BCUT2D eigenvalue weighted by Gasteiger charge is 2.61. The molecule has 2 unspecified atom stereocenters. The first-order valence-corrected chi connectivity index (χ1v) is 17.9. The first-order chi connectivity index (χ1) is 24.9. The van der Waals surface area contributed by atoms with Crippen molar-refractivity contribution >= 4 is 17.8 Å². The quantitative estimate of drug-likeness (QED) is 0.105. The fourth-order valence-electron chi connectivity index (χ4n) is 6.36. The smallest absolute Gasteiger partial charge is 0.310 e. The molecule has 0 saturated heterocycles. The van der Waals surface area contributed by atoms with Gasteiger partial charge in [-0.25, -0.2) is 5.01 Å². The van der Waals surface area contributed by atoms with Gasteiger partial charge in [0.25, 0.3) is 11.8 Å². The number of benzene rings is 4. The minimum absolute atomic E-state index is 0.0212. The van der Waals surface area contributed by atoms with E-state index < -0.39 is 5.54 Å². The number of carbonyl (C=O) groups excluding carboxylic acids is 3. The molecule has 0 aromatic heterocycles. The number of para-hydroxylation sites is 1. The highest BCUT2D eigenvalue weighted by Crippen LogP contribution is 2.59. The molecule has 0 heterocycles. The van der Waals surface area contributed by atoms with Crippen LogP contribution in [-0.2, 0) is 16.1 Å². The van der Waals surface area contributed by atoms with E-state index in [1.807, 2.05) is 114 Å². The summed E-state index contributed by atoms with van der Waals surface area (Å²) < 4.78 is 16.7. The normalized spacial score (nSPS) is 15.5. The third-order valence-corrected chi connectivity index (χ3v) is 9.24. The first kappa shape index (κ1) is 40.4. The number of ether oxygens (including phenoxy) is 3. The van der Waals surface area contributed by atoms with Gasteiger partial charge in [-0.05, 0) is 121 Å². The second-order valence-electron chi connectivity index (χ2n) is 15.5. The van der Waals surface area contributed by atoms with Crippen molar-refractivity contribution in [3.05, 3.63) is 136 Å². The Bertz CT molecular complexity index is 1930. The lowest BCUT2D eigenvalue weighted by Crippen LogP contribution is -2.56. The van der Waals surface area contributed by atoms with Crippen LogP contribution in [0.3, 0.4) is 0 Å². The fourth-order valence-corrected chi connectivity index (χ4v) is 6.36. The maximum atomic E-state index is 13.2. The Morgan fingerprint density at radius 1 is 0.830 bits per heavy atom. The SMILES string of the molecule is CC(C)=CC1C(C(=O)OCc2cccc(Oc3ccccc3)c2)C1(C)C.COc1cccc(C(=O)NN(C(=O)c2cc(C)cc(C)c2)C(C)(C)C)c1C. The van der Waals surface area contributed by atoms with Crippen LogP contribution < -0.4 is 14.9 Å². The van der Waals surface area contributed by atoms with E-state index in [2.05, 4.69) is 39.2 Å². The number of hydrazine groups is 1. The van der Waals surface area contributed by atoms with Crippen molar-refractivity contribution in [2.24, 2.45) is 17.3 Å². The van der Waals surface area contributed by atoms with E-state index >= 15 is 0 Å². The minimum atomic E-state index is -0.600. The summed E-state index contributed by atoms with van der Waals surface area (Å²) in [5.74, 6) is 1.65. The number of aryl methyl sites for hydroxylation is 2. The fraction of sp³-hybridized carbons (Fsp3) is 0.356. The molecular weight excluding hydrogens is 665 g/mol. The maximum Gasteiger partial charge on any atom is 0.310 e. The lowest BCUT2D eigenvalue weighted by Gasteiger charge is -2.35. The Balaban J connectivity index is 0.000000237. The summed E-state index contributed by atoms with van der Waals surface area (Å²) in [7, 11) is 1.56. The van der Waals surface area contributed by atoms with E-state index in [0.717, 1.165) is 33.8 Å². The standard InChI is InChI=1S/C23H26O3.C22H28N2O3/c1-16(2)13-20-21(23(20,3)4)22(24)25-15-17-9-8-12-19(14-17)26-18-10-6-5-7-11-18;1-14-11-15(2)13-17(12-14)21(26)24(22(4,5)6)23-20(25)18-9-8-10-19(27-7)16(18)3/h5-14,20-21H,15H2,1-4H3;8-13H,1-7H3,(H,23,25). The topological polar surface area (TPSA) is 94.2 Å². The van der Waals surface area contributed by atoms with Crippen molar-refractivity contribution < 1.29 is 28.6 Å². The number of nitrogens with zero attached hydrogens (tertiary/aromatic N) is 1. The molecule has 4 aromatic carbocycles. The van der Waals surface area contributed by atoms with E-state index in [1.165, 1.54) is 10.6 Å². The van der Waals surface area contributed by atoms with E-state index in [1.54, 1.807) is 25.3 Å². The number of rotatable bonds is 9. The molecule has 8 heteroatoms. The van der Waals surface area contributed by atoms with Crippen LogP contribution in [0.2, 0.25) is 0 Å². The predicted molar refractivity (Wildman–Crippen MR) is 210 cm³/mol. The number of allylic oxidation sites excluding steroid dienone is 2. The molecule has 1 saturated carbocycles. The predicted octanol–water partition coefficient (Wildman–Crippen LogP) is 9.97. The van der Waals surface area contributed by atoms with Gasteiger partial charge in [0.2, 0.25) is 0 Å². The van der Waals surface area contributed by atoms with Crippen molar-refractivity contribution in [3.63, 3.8) is 0 Å². The van der Waals surface area contributed by atoms with Gasteiger partial charge < -0.3 is 14.2 Å². The third-order valence-electron chi connectivity index (χ3n) is 9.24. The number of carbonyl (C=O) groups is 3. The zero-order valence-corrected chi connectivity index (χ0v) is 33.0. The molecular formula is C45H54N2O6. The summed E-state index contributed by atoms with van der Waals surface area (Å²) in [5, 5.41) is 1.39. The van der Waals surface area contributed by atoms with Crippen LogP contribution in [0.5, 0.6) is 17.2 Å². The van der Waals surface area contributed by atoms with Gasteiger partial charge in [-0.3, -0.25) is 19.8 Å². The van der Waals surface area contributed by atoms with Crippen LogP contribution in [0, 0.1) is 38.0 Å². The summed E-state index contributed by atoms with van der Waals surface area (Å²) in [5.41, 5.74) is 8.08. The maximum absolute atomic E-state index is 13.2. The summed E-state index contributed by atoms with van der Waals surface area (Å²) >= 11 is 0. The molecule has 8 nitrogen and oxygen atoms in total. The monoisotopic (exact) mass is 718 g/mol. The lowest BCUT2D eigenvalue weighted by atomic mass is 10.0.